The number of piperazine rings is 1. The van der Waals surface area contributed by atoms with Gasteiger partial charge in [-0.05, 0) is 19.4 Å². The van der Waals surface area contributed by atoms with Crippen LogP contribution < -0.4 is 5.32 Å². The summed E-state index contributed by atoms with van der Waals surface area (Å²) in [4.78, 5) is 26.0. The van der Waals surface area contributed by atoms with Crippen molar-refractivity contribution < 1.29 is 14.3 Å². The zero-order valence-electron chi connectivity index (χ0n) is 12.5. The van der Waals surface area contributed by atoms with Gasteiger partial charge in [0.1, 0.15) is 6.61 Å². The molecule has 1 aliphatic heterocycles. The summed E-state index contributed by atoms with van der Waals surface area (Å²) in [5.74, 6) is -0.432. The number of hydrogen-bond acceptors (Lipinski definition) is 4. The van der Waals surface area contributed by atoms with Crippen molar-refractivity contribution in [3.63, 3.8) is 0 Å². The Kier molecular flexibility index (Phi) is 5.33. The summed E-state index contributed by atoms with van der Waals surface area (Å²) in [7, 11) is 0. The Balaban J connectivity index is 1.89. The third-order valence-electron chi connectivity index (χ3n) is 3.64. The van der Waals surface area contributed by atoms with Crippen molar-refractivity contribution in [3.8, 4) is 0 Å². The van der Waals surface area contributed by atoms with E-state index >= 15 is 0 Å². The SMILES string of the molecule is CC(C)N1CCNC(=O)[C@@H]1CC(=O)OCc1ccccc1. The van der Waals surface area contributed by atoms with Gasteiger partial charge in [0.2, 0.25) is 5.91 Å². The van der Waals surface area contributed by atoms with Gasteiger partial charge in [-0.1, -0.05) is 30.3 Å². The number of nitrogens with one attached hydrogen (secondary N) is 1. The maximum atomic E-state index is 12.0. The minimum atomic E-state index is -0.429. The van der Waals surface area contributed by atoms with Crippen molar-refractivity contribution in [2.75, 3.05) is 13.1 Å². The van der Waals surface area contributed by atoms with E-state index in [1.54, 1.807) is 0 Å². The smallest absolute Gasteiger partial charge is 0.308 e. The summed E-state index contributed by atoms with van der Waals surface area (Å²) < 4.78 is 5.26. The number of nitrogens with zero attached hydrogens (tertiary/aromatic N) is 1. The molecule has 0 saturated carbocycles. The molecule has 0 bridgehead atoms. The van der Waals surface area contributed by atoms with Gasteiger partial charge in [-0.15, -0.1) is 0 Å². The Bertz CT molecular complexity index is 488. The van der Waals surface area contributed by atoms with Gasteiger partial charge in [0.15, 0.2) is 0 Å². The molecule has 0 unspecified atom stereocenters. The van der Waals surface area contributed by atoms with Crippen molar-refractivity contribution in [1.82, 2.24) is 10.2 Å². The van der Waals surface area contributed by atoms with Crippen molar-refractivity contribution in [2.45, 2.75) is 39.0 Å². The lowest BCUT2D eigenvalue weighted by Crippen LogP contribution is -2.58. The molecule has 1 atom stereocenters. The van der Waals surface area contributed by atoms with Gasteiger partial charge in [0, 0.05) is 19.1 Å². The van der Waals surface area contributed by atoms with E-state index in [9.17, 15) is 9.59 Å². The predicted molar refractivity (Wildman–Crippen MR) is 79.5 cm³/mol. The number of carbonyl (C=O) groups excluding carboxylic acids is 2. The van der Waals surface area contributed by atoms with Crippen LogP contribution in [0.1, 0.15) is 25.8 Å². The molecule has 0 radical (unpaired) electrons. The third kappa shape index (κ3) is 4.29. The molecule has 5 heteroatoms. The monoisotopic (exact) mass is 290 g/mol. The topological polar surface area (TPSA) is 58.6 Å². The molecule has 1 aromatic rings. The fourth-order valence-electron chi connectivity index (χ4n) is 2.52. The van der Waals surface area contributed by atoms with E-state index in [-0.39, 0.29) is 30.9 Å². The zero-order valence-corrected chi connectivity index (χ0v) is 12.5. The van der Waals surface area contributed by atoms with E-state index in [1.807, 2.05) is 49.1 Å². The lowest BCUT2D eigenvalue weighted by Gasteiger charge is -2.37. The number of carbonyl (C=O) groups is 2. The van der Waals surface area contributed by atoms with Gasteiger partial charge in [0.05, 0.1) is 12.5 Å². The molecule has 1 N–H and O–H groups in total. The van der Waals surface area contributed by atoms with Crippen LogP contribution in [0.25, 0.3) is 0 Å². The molecule has 1 aromatic carbocycles. The molecular formula is C16H22N2O3. The first-order valence-corrected chi connectivity index (χ1v) is 7.31. The van der Waals surface area contributed by atoms with E-state index in [1.165, 1.54) is 0 Å². The molecule has 1 amide bonds. The van der Waals surface area contributed by atoms with Crippen LogP contribution in [0.3, 0.4) is 0 Å². The first-order valence-electron chi connectivity index (χ1n) is 7.31. The highest BCUT2D eigenvalue weighted by atomic mass is 16.5. The quantitative estimate of drug-likeness (QED) is 0.831. The number of amides is 1. The molecule has 5 nitrogen and oxygen atoms in total. The molecule has 0 aliphatic carbocycles. The average Bonchev–Trinajstić information content (AvgIpc) is 2.48. The summed E-state index contributed by atoms with van der Waals surface area (Å²) in [5.41, 5.74) is 0.944. The van der Waals surface area contributed by atoms with E-state index in [0.717, 1.165) is 12.1 Å². The highest BCUT2D eigenvalue weighted by Gasteiger charge is 2.33. The second kappa shape index (κ2) is 7.22. The van der Waals surface area contributed by atoms with Gasteiger partial charge in [0.25, 0.3) is 0 Å². The van der Waals surface area contributed by atoms with Gasteiger partial charge in [-0.25, -0.2) is 0 Å². The molecule has 114 valence electrons. The van der Waals surface area contributed by atoms with Crippen LogP contribution in [0.2, 0.25) is 0 Å². The number of rotatable bonds is 5. The summed E-state index contributed by atoms with van der Waals surface area (Å²) in [6, 6.07) is 9.32. The summed E-state index contributed by atoms with van der Waals surface area (Å²) in [6.45, 7) is 5.70. The van der Waals surface area contributed by atoms with Crippen molar-refractivity contribution in [3.05, 3.63) is 35.9 Å². The lowest BCUT2D eigenvalue weighted by molar-refractivity contribution is -0.150. The van der Waals surface area contributed by atoms with Crippen LogP contribution in [-0.2, 0) is 20.9 Å². The van der Waals surface area contributed by atoms with Crippen LogP contribution >= 0.6 is 0 Å². The maximum Gasteiger partial charge on any atom is 0.308 e. The highest BCUT2D eigenvalue weighted by molar-refractivity contribution is 5.87. The third-order valence-corrected chi connectivity index (χ3v) is 3.64. The second-order valence-corrected chi connectivity index (χ2v) is 5.49. The van der Waals surface area contributed by atoms with E-state index < -0.39 is 6.04 Å². The van der Waals surface area contributed by atoms with Crippen LogP contribution in [0.15, 0.2) is 30.3 Å². The van der Waals surface area contributed by atoms with Gasteiger partial charge < -0.3 is 10.1 Å². The van der Waals surface area contributed by atoms with E-state index in [0.29, 0.717) is 6.54 Å². The zero-order chi connectivity index (χ0) is 15.2. The van der Waals surface area contributed by atoms with Crippen LogP contribution in [0.4, 0.5) is 0 Å². The van der Waals surface area contributed by atoms with Crippen molar-refractivity contribution in [1.29, 1.82) is 0 Å². The lowest BCUT2D eigenvalue weighted by atomic mass is 10.1. The van der Waals surface area contributed by atoms with Gasteiger partial charge in [-0.3, -0.25) is 14.5 Å². The molecule has 21 heavy (non-hydrogen) atoms. The van der Waals surface area contributed by atoms with Crippen LogP contribution in [0.5, 0.6) is 0 Å². The molecule has 1 saturated heterocycles. The predicted octanol–water partition coefficient (Wildman–Crippen LogP) is 1.33. The van der Waals surface area contributed by atoms with E-state index in [4.69, 9.17) is 4.74 Å². The summed E-state index contributed by atoms with van der Waals surface area (Å²) in [6.07, 6.45) is 0.0941. The number of ether oxygens (including phenoxy) is 1. The first-order chi connectivity index (χ1) is 10.1. The molecule has 1 fully saturated rings. The Morgan fingerprint density at radius 1 is 1.38 bits per heavy atom. The van der Waals surface area contributed by atoms with Crippen molar-refractivity contribution in [2.24, 2.45) is 0 Å². The summed E-state index contributed by atoms with van der Waals surface area (Å²) >= 11 is 0. The fraction of sp³-hybridized carbons (Fsp3) is 0.500. The maximum absolute atomic E-state index is 12.0. The highest BCUT2D eigenvalue weighted by Crippen LogP contribution is 2.14. The molecule has 0 spiro atoms. The van der Waals surface area contributed by atoms with Gasteiger partial charge in [-0.2, -0.15) is 0 Å². The summed E-state index contributed by atoms with van der Waals surface area (Å²) in [5, 5.41) is 2.81. The van der Waals surface area contributed by atoms with Gasteiger partial charge >= 0.3 is 5.97 Å². The minimum absolute atomic E-state index is 0.0911. The Morgan fingerprint density at radius 2 is 2.10 bits per heavy atom. The standard InChI is InChI=1S/C16H22N2O3/c1-12(2)18-9-8-17-16(20)14(18)10-15(19)21-11-13-6-4-3-5-7-13/h3-7,12,14H,8-11H2,1-2H3,(H,17,20)/t14-/m0/s1. The molecule has 2 rings (SSSR count). The Morgan fingerprint density at radius 3 is 2.76 bits per heavy atom. The second-order valence-electron chi connectivity index (χ2n) is 5.49. The molecule has 0 aromatic heterocycles. The fourth-order valence-corrected chi connectivity index (χ4v) is 2.52. The van der Waals surface area contributed by atoms with E-state index in [2.05, 4.69) is 5.32 Å². The number of hydrogen-bond donors (Lipinski definition) is 1. The van der Waals surface area contributed by atoms with Crippen LogP contribution in [0, 0.1) is 0 Å². The molecule has 1 heterocycles. The Labute approximate surface area is 125 Å². The molecule has 1 aliphatic rings. The molecular weight excluding hydrogens is 268 g/mol. The first kappa shape index (κ1) is 15.5. The minimum Gasteiger partial charge on any atom is -0.461 e. The van der Waals surface area contributed by atoms with Crippen LogP contribution in [-0.4, -0.2) is 41.9 Å². The average molecular weight is 290 g/mol. The largest absolute Gasteiger partial charge is 0.461 e. The normalized spacial score (nSPS) is 19.4. The number of benzene rings is 1. The Hall–Kier alpha value is -1.88. The number of esters is 1. The van der Waals surface area contributed by atoms with Crippen molar-refractivity contribution >= 4 is 11.9 Å².